The normalized spacial score (nSPS) is 10.4. The van der Waals surface area contributed by atoms with Crippen LogP contribution in [-0.2, 0) is 4.79 Å². The van der Waals surface area contributed by atoms with Crippen LogP contribution in [0.5, 0.6) is 5.75 Å². The second-order valence-electron chi connectivity index (χ2n) is 4.81. The number of methoxy groups -OCH3 is 1. The first-order valence-corrected chi connectivity index (χ1v) is 7.90. The zero-order valence-corrected chi connectivity index (χ0v) is 14.7. The number of thiocarbonyl (C=S) groups is 1. The lowest BCUT2D eigenvalue weighted by molar-refractivity contribution is -0.116. The Morgan fingerprint density at radius 1 is 1.24 bits per heavy atom. The average Bonchev–Trinajstić information content (AvgIpc) is 2.58. The second-order valence-corrected chi connectivity index (χ2v) is 5.65. The average molecular weight is 380 g/mol. The van der Waals surface area contributed by atoms with Crippen LogP contribution in [0.25, 0.3) is 6.08 Å². The number of halogens is 2. The maximum absolute atomic E-state index is 13.6. The SMILES string of the molecule is COc1ccc(/C=C/C(=O)NNC(=S)Nc2cccc(Cl)c2)cc1F. The van der Waals surface area contributed by atoms with Crippen LogP contribution in [0.1, 0.15) is 5.56 Å². The van der Waals surface area contributed by atoms with Crippen molar-refractivity contribution >= 4 is 46.6 Å². The van der Waals surface area contributed by atoms with E-state index in [4.69, 9.17) is 28.6 Å². The number of anilines is 1. The minimum Gasteiger partial charge on any atom is -0.494 e. The molecule has 3 N–H and O–H groups in total. The van der Waals surface area contributed by atoms with Gasteiger partial charge in [0.1, 0.15) is 0 Å². The van der Waals surface area contributed by atoms with Crippen molar-refractivity contribution < 1.29 is 13.9 Å². The molecule has 0 bridgehead atoms. The number of nitrogens with one attached hydrogen (secondary N) is 3. The molecular weight excluding hydrogens is 365 g/mol. The van der Waals surface area contributed by atoms with Gasteiger partial charge in [-0.15, -0.1) is 0 Å². The minimum atomic E-state index is -0.505. The standard InChI is InChI=1S/C17H15ClFN3O2S/c1-24-15-7-5-11(9-14(15)19)6-8-16(23)21-22-17(25)20-13-4-2-3-12(18)10-13/h2-10H,1H3,(H,21,23)(H2,20,22,25)/b8-6+. The molecule has 0 saturated carbocycles. The summed E-state index contributed by atoms with van der Waals surface area (Å²) >= 11 is 10.9. The lowest BCUT2D eigenvalue weighted by Crippen LogP contribution is -2.43. The maximum atomic E-state index is 13.6. The summed E-state index contributed by atoms with van der Waals surface area (Å²) in [5.41, 5.74) is 6.15. The number of carbonyl (C=O) groups excluding carboxylic acids is 1. The highest BCUT2D eigenvalue weighted by Gasteiger charge is 2.03. The van der Waals surface area contributed by atoms with Crippen molar-refractivity contribution in [2.75, 3.05) is 12.4 Å². The number of hydrogen-bond acceptors (Lipinski definition) is 3. The maximum Gasteiger partial charge on any atom is 0.262 e. The molecule has 0 fully saturated rings. The molecule has 130 valence electrons. The summed E-state index contributed by atoms with van der Waals surface area (Å²) in [6, 6.07) is 11.3. The van der Waals surface area contributed by atoms with Crippen molar-refractivity contribution in [3.63, 3.8) is 0 Å². The molecule has 0 radical (unpaired) electrons. The molecular formula is C17H15ClFN3O2S. The third kappa shape index (κ3) is 6.06. The largest absolute Gasteiger partial charge is 0.494 e. The Morgan fingerprint density at radius 3 is 2.72 bits per heavy atom. The second kappa shape index (κ2) is 9.00. The quantitative estimate of drug-likeness (QED) is 0.431. The third-order valence-electron chi connectivity index (χ3n) is 2.98. The molecule has 0 atom stereocenters. The van der Waals surface area contributed by atoms with E-state index >= 15 is 0 Å². The summed E-state index contributed by atoms with van der Waals surface area (Å²) in [7, 11) is 1.38. The number of hydrogen-bond donors (Lipinski definition) is 3. The molecule has 0 spiro atoms. The van der Waals surface area contributed by atoms with E-state index in [0.717, 1.165) is 0 Å². The van der Waals surface area contributed by atoms with Gasteiger partial charge in [0.05, 0.1) is 7.11 Å². The van der Waals surface area contributed by atoms with Gasteiger partial charge in [-0.1, -0.05) is 23.7 Å². The Hall–Kier alpha value is -2.64. The van der Waals surface area contributed by atoms with Crippen molar-refractivity contribution in [3.05, 3.63) is 64.9 Å². The predicted octanol–water partition coefficient (Wildman–Crippen LogP) is 3.52. The van der Waals surface area contributed by atoms with Gasteiger partial charge in [0.25, 0.3) is 5.91 Å². The highest BCUT2D eigenvalue weighted by atomic mass is 35.5. The highest BCUT2D eigenvalue weighted by molar-refractivity contribution is 7.80. The van der Waals surface area contributed by atoms with Gasteiger partial charge in [0.2, 0.25) is 0 Å². The zero-order valence-electron chi connectivity index (χ0n) is 13.2. The molecule has 2 rings (SSSR count). The number of benzene rings is 2. The zero-order chi connectivity index (χ0) is 18.2. The van der Waals surface area contributed by atoms with Crippen LogP contribution in [0.15, 0.2) is 48.5 Å². The Labute approximate surface area is 154 Å². The third-order valence-corrected chi connectivity index (χ3v) is 3.42. The van der Waals surface area contributed by atoms with Crippen LogP contribution < -0.4 is 20.9 Å². The first-order chi connectivity index (χ1) is 12.0. The van der Waals surface area contributed by atoms with E-state index in [9.17, 15) is 9.18 Å². The first kappa shape index (κ1) is 18.7. The van der Waals surface area contributed by atoms with Gasteiger partial charge in [-0.05, 0) is 54.2 Å². The van der Waals surface area contributed by atoms with Crippen LogP contribution in [0, 0.1) is 5.82 Å². The van der Waals surface area contributed by atoms with E-state index in [2.05, 4.69) is 16.2 Å². The molecule has 1 amide bonds. The summed E-state index contributed by atoms with van der Waals surface area (Å²) in [5, 5.41) is 3.62. The smallest absolute Gasteiger partial charge is 0.262 e. The van der Waals surface area contributed by atoms with Gasteiger partial charge >= 0.3 is 0 Å². The summed E-state index contributed by atoms with van der Waals surface area (Å²) in [5.74, 6) is -0.817. The van der Waals surface area contributed by atoms with Crippen molar-refractivity contribution in [1.29, 1.82) is 0 Å². The van der Waals surface area contributed by atoms with E-state index in [-0.39, 0.29) is 10.9 Å². The molecule has 0 aliphatic carbocycles. The minimum absolute atomic E-state index is 0.140. The fraction of sp³-hybridized carbons (Fsp3) is 0.0588. The van der Waals surface area contributed by atoms with Crippen molar-refractivity contribution in [3.8, 4) is 5.75 Å². The van der Waals surface area contributed by atoms with Crippen LogP contribution in [0.4, 0.5) is 10.1 Å². The van der Waals surface area contributed by atoms with Crippen LogP contribution >= 0.6 is 23.8 Å². The van der Waals surface area contributed by atoms with Gasteiger partial charge in [0, 0.05) is 16.8 Å². The summed E-state index contributed by atoms with van der Waals surface area (Å²) in [6.45, 7) is 0. The van der Waals surface area contributed by atoms with Crippen molar-refractivity contribution in [1.82, 2.24) is 10.9 Å². The molecule has 2 aromatic carbocycles. The van der Waals surface area contributed by atoms with E-state index < -0.39 is 11.7 Å². The highest BCUT2D eigenvalue weighted by Crippen LogP contribution is 2.18. The molecule has 25 heavy (non-hydrogen) atoms. The predicted molar refractivity (Wildman–Crippen MR) is 101 cm³/mol. The fourth-order valence-corrected chi connectivity index (χ4v) is 2.21. The van der Waals surface area contributed by atoms with E-state index in [1.165, 1.54) is 31.4 Å². The first-order valence-electron chi connectivity index (χ1n) is 7.12. The Morgan fingerprint density at radius 2 is 2.04 bits per heavy atom. The molecule has 0 aliphatic rings. The van der Waals surface area contributed by atoms with Gasteiger partial charge in [0.15, 0.2) is 16.7 Å². The van der Waals surface area contributed by atoms with Crippen molar-refractivity contribution in [2.24, 2.45) is 0 Å². The lowest BCUT2D eigenvalue weighted by Gasteiger charge is -2.10. The Balaban J connectivity index is 1.83. The van der Waals surface area contributed by atoms with Gasteiger partial charge in [-0.2, -0.15) is 0 Å². The van der Waals surface area contributed by atoms with Gasteiger partial charge in [-0.25, -0.2) is 4.39 Å². The van der Waals surface area contributed by atoms with Gasteiger partial charge < -0.3 is 10.1 Å². The lowest BCUT2D eigenvalue weighted by atomic mass is 10.2. The molecule has 0 aromatic heterocycles. The number of ether oxygens (including phenoxy) is 1. The van der Waals surface area contributed by atoms with Crippen LogP contribution in [0.3, 0.4) is 0 Å². The topological polar surface area (TPSA) is 62.4 Å². The summed E-state index contributed by atoms with van der Waals surface area (Å²) in [4.78, 5) is 11.7. The molecule has 0 aliphatic heterocycles. The Kier molecular flexibility index (Phi) is 6.73. The van der Waals surface area contributed by atoms with Gasteiger partial charge in [-0.3, -0.25) is 15.6 Å². The molecule has 2 aromatic rings. The summed E-state index contributed by atoms with van der Waals surface area (Å²) < 4.78 is 18.4. The number of rotatable bonds is 4. The number of amides is 1. The number of carbonyl (C=O) groups is 1. The molecule has 0 saturated heterocycles. The molecule has 8 heteroatoms. The van der Waals surface area contributed by atoms with Crippen molar-refractivity contribution in [2.45, 2.75) is 0 Å². The summed E-state index contributed by atoms with van der Waals surface area (Å²) in [6.07, 6.45) is 2.71. The molecule has 0 unspecified atom stereocenters. The van der Waals surface area contributed by atoms with E-state index in [1.54, 1.807) is 30.3 Å². The fourth-order valence-electron chi connectivity index (χ4n) is 1.85. The van der Waals surface area contributed by atoms with E-state index in [0.29, 0.717) is 16.3 Å². The monoisotopic (exact) mass is 379 g/mol. The number of hydrazine groups is 1. The van der Waals surface area contributed by atoms with Crippen LogP contribution in [0.2, 0.25) is 5.02 Å². The van der Waals surface area contributed by atoms with E-state index in [1.807, 2.05) is 0 Å². The molecule has 5 nitrogen and oxygen atoms in total. The van der Waals surface area contributed by atoms with Crippen LogP contribution in [-0.4, -0.2) is 18.1 Å². The molecule has 0 heterocycles. The Bertz CT molecular complexity index is 814.